The minimum Gasteiger partial charge on any atom is -0.348 e. The predicted octanol–water partition coefficient (Wildman–Crippen LogP) is 0.343. The second kappa shape index (κ2) is 4.02. The Labute approximate surface area is 77.1 Å². The average Bonchev–Trinajstić information content (AvgIpc) is 2.51. The van der Waals surface area contributed by atoms with Gasteiger partial charge in [0.2, 0.25) is 0 Å². The molecule has 0 radical (unpaired) electrons. The van der Waals surface area contributed by atoms with E-state index in [0.717, 1.165) is 6.42 Å². The quantitative estimate of drug-likeness (QED) is 0.733. The Bertz CT molecular complexity index is 294. The molecule has 1 rings (SSSR count). The van der Waals surface area contributed by atoms with Crippen molar-refractivity contribution in [3.8, 4) is 0 Å². The number of hydrogen-bond donors (Lipinski definition) is 1. The molecule has 0 aliphatic carbocycles. The van der Waals surface area contributed by atoms with Gasteiger partial charge in [-0.05, 0) is 13.3 Å². The average molecular weight is 182 g/mol. The van der Waals surface area contributed by atoms with Crippen LogP contribution in [0.25, 0.3) is 0 Å². The maximum Gasteiger partial charge on any atom is 0.273 e. The maximum absolute atomic E-state index is 11.4. The summed E-state index contributed by atoms with van der Waals surface area (Å²) in [5.41, 5.74) is 0.364. The number of rotatable bonds is 3. The van der Waals surface area contributed by atoms with E-state index in [4.69, 9.17) is 0 Å². The molecule has 0 fully saturated rings. The van der Waals surface area contributed by atoms with E-state index in [1.54, 1.807) is 13.2 Å². The molecule has 0 aliphatic rings. The summed E-state index contributed by atoms with van der Waals surface area (Å²) in [4.78, 5) is 11.4. The van der Waals surface area contributed by atoms with Crippen LogP contribution in [0.5, 0.6) is 0 Å². The highest BCUT2D eigenvalue weighted by Gasteiger charge is 2.11. The van der Waals surface area contributed by atoms with Gasteiger partial charge in [-0.2, -0.15) is 0 Å². The fraction of sp³-hybridized carbons (Fsp3) is 0.625. The number of carbonyl (C=O) groups excluding carboxylic acids is 1. The van der Waals surface area contributed by atoms with Gasteiger partial charge in [-0.1, -0.05) is 12.1 Å². The third kappa shape index (κ3) is 2.54. The van der Waals surface area contributed by atoms with Crippen molar-refractivity contribution in [3.05, 3.63) is 11.9 Å². The molecule has 0 spiro atoms. The van der Waals surface area contributed by atoms with Gasteiger partial charge in [0.05, 0.1) is 6.20 Å². The molecule has 1 unspecified atom stereocenters. The number of aromatic nitrogens is 3. The zero-order chi connectivity index (χ0) is 9.84. The zero-order valence-electron chi connectivity index (χ0n) is 8.11. The molecule has 0 aromatic carbocycles. The van der Waals surface area contributed by atoms with E-state index >= 15 is 0 Å². The summed E-state index contributed by atoms with van der Waals surface area (Å²) in [5.74, 6) is -0.164. The summed E-state index contributed by atoms with van der Waals surface area (Å²) >= 11 is 0. The molecular formula is C8H14N4O. The summed E-state index contributed by atoms with van der Waals surface area (Å²) in [6.07, 6.45) is 2.50. The van der Waals surface area contributed by atoms with Gasteiger partial charge >= 0.3 is 0 Å². The van der Waals surface area contributed by atoms with Gasteiger partial charge in [-0.15, -0.1) is 5.10 Å². The van der Waals surface area contributed by atoms with E-state index in [1.165, 1.54) is 4.68 Å². The summed E-state index contributed by atoms with van der Waals surface area (Å²) in [5, 5.41) is 10.2. The highest BCUT2D eigenvalue weighted by atomic mass is 16.2. The molecule has 1 aromatic rings. The Morgan fingerprint density at radius 1 is 1.77 bits per heavy atom. The van der Waals surface area contributed by atoms with Crippen LogP contribution in [-0.4, -0.2) is 26.9 Å². The molecule has 1 atom stereocenters. The highest BCUT2D eigenvalue weighted by molar-refractivity contribution is 5.91. The molecule has 0 saturated carbocycles. The molecule has 1 N–H and O–H groups in total. The van der Waals surface area contributed by atoms with Crippen molar-refractivity contribution < 1.29 is 4.79 Å². The summed E-state index contributed by atoms with van der Waals surface area (Å²) < 4.78 is 1.51. The lowest BCUT2D eigenvalue weighted by Crippen LogP contribution is -2.32. The second-order valence-corrected chi connectivity index (χ2v) is 3.06. The first-order chi connectivity index (χ1) is 6.13. The zero-order valence-corrected chi connectivity index (χ0v) is 8.11. The minimum atomic E-state index is -0.164. The van der Waals surface area contributed by atoms with Gasteiger partial charge in [0, 0.05) is 13.1 Å². The molecule has 0 aliphatic heterocycles. The number of nitrogens with zero attached hydrogens (tertiary/aromatic N) is 3. The maximum atomic E-state index is 11.4. The van der Waals surface area contributed by atoms with E-state index in [2.05, 4.69) is 15.6 Å². The lowest BCUT2D eigenvalue weighted by Gasteiger charge is -2.08. The van der Waals surface area contributed by atoms with Crippen LogP contribution < -0.4 is 5.32 Å². The van der Waals surface area contributed by atoms with Crippen LogP contribution >= 0.6 is 0 Å². The molecule has 13 heavy (non-hydrogen) atoms. The van der Waals surface area contributed by atoms with E-state index in [9.17, 15) is 4.79 Å². The van der Waals surface area contributed by atoms with E-state index in [-0.39, 0.29) is 11.9 Å². The van der Waals surface area contributed by atoms with Gasteiger partial charge in [0.1, 0.15) is 0 Å². The third-order valence-corrected chi connectivity index (χ3v) is 1.83. The Hall–Kier alpha value is -1.39. The van der Waals surface area contributed by atoms with E-state index in [0.29, 0.717) is 5.69 Å². The van der Waals surface area contributed by atoms with Crippen LogP contribution in [0.4, 0.5) is 0 Å². The van der Waals surface area contributed by atoms with Crippen molar-refractivity contribution in [2.45, 2.75) is 26.3 Å². The Morgan fingerprint density at radius 3 is 2.92 bits per heavy atom. The van der Waals surface area contributed by atoms with Crippen molar-refractivity contribution in [3.63, 3.8) is 0 Å². The largest absolute Gasteiger partial charge is 0.348 e. The normalized spacial score (nSPS) is 12.5. The fourth-order valence-electron chi connectivity index (χ4n) is 0.851. The first-order valence-electron chi connectivity index (χ1n) is 4.30. The van der Waals surface area contributed by atoms with Gasteiger partial charge < -0.3 is 5.32 Å². The standard InChI is InChI=1S/C8H14N4O/c1-4-6(2)9-8(13)7-5-12(3)11-10-7/h5-6H,4H2,1-3H3,(H,9,13). The smallest absolute Gasteiger partial charge is 0.273 e. The van der Waals surface area contributed by atoms with Crippen molar-refractivity contribution in [1.29, 1.82) is 0 Å². The Balaban J connectivity index is 2.58. The monoisotopic (exact) mass is 182 g/mol. The summed E-state index contributed by atoms with van der Waals surface area (Å²) in [7, 11) is 1.73. The van der Waals surface area contributed by atoms with Crippen LogP contribution in [0.1, 0.15) is 30.8 Å². The number of amides is 1. The molecule has 1 aromatic heterocycles. The lowest BCUT2D eigenvalue weighted by atomic mass is 10.2. The van der Waals surface area contributed by atoms with Gasteiger partial charge in [0.25, 0.3) is 5.91 Å². The van der Waals surface area contributed by atoms with E-state index in [1.807, 2.05) is 13.8 Å². The minimum absolute atomic E-state index is 0.164. The number of nitrogens with one attached hydrogen (secondary N) is 1. The molecular weight excluding hydrogens is 168 g/mol. The molecule has 72 valence electrons. The van der Waals surface area contributed by atoms with Gasteiger partial charge in [-0.25, -0.2) is 0 Å². The van der Waals surface area contributed by atoms with Crippen LogP contribution in [0, 0.1) is 0 Å². The predicted molar refractivity (Wildman–Crippen MR) is 48.2 cm³/mol. The molecule has 1 heterocycles. The lowest BCUT2D eigenvalue weighted by molar-refractivity contribution is 0.0934. The summed E-state index contributed by atoms with van der Waals surface area (Å²) in [6.45, 7) is 3.97. The van der Waals surface area contributed by atoms with Gasteiger partial charge in [-0.3, -0.25) is 9.48 Å². The fourth-order valence-corrected chi connectivity index (χ4v) is 0.851. The first kappa shape index (κ1) is 9.70. The topological polar surface area (TPSA) is 59.8 Å². The Morgan fingerprint density at radius 2 is 2.46 bits per heavy atom. The van der Waals surface area contributed by atoms with Crippen LogP contribution in [0.15, 0.2) is 6.20 Å². The van der Waals surface area contributed by atoms with Gasteiger partial charge in [0.15, 0.2) is 5.69 Å². The summed E-state index contributed by atoms with van der Waals surface area (Å²) in [6, 6.07) is 0.175. The van der Waals surface area contributed by atoms with Crippen molar-refractivity contribution >= 4 is 5.91 Å². The molecule has 1 amide bonds. The Kier molecular flexibility index (Phi) is 3.00. The molecule has 5 heteroatoms. The third-order valence-electron chi connectivity index (χ3n) is 1.83. The van der Waals surface area contributed by atoms with Crippen molar-refractivity contribution in [2.24, 2.45) is 7.05 Å². The first-order valence-corrected chi connectivity index (χ1v) is 4.30. The number of carbonyl (C=O) groups is 1. The highest BCUT2D eigenvalue weighted by Crippen LogP contribution is 1.94. The van der Waals surface area contributed by atoms with E-state index < -0.39 is 0 Å². The van der Waals surface area contributed by atoms with Crippen LogP contribution in [-0.2, 0) is 7.05 Å². The SMILES string of the molecule is CCC(C)NC(=O)c1cn(C)nn1. The second-order valence-electron chi connectivity index (χ2n) is 3.06. The van der Waals surface area contributed by atoms with Crippen LogP contribution in [0.3, 0.4) is 0 Å². The van der Waals surface area contributed by atoms with Crippen molar-refractivity contribution in [1.82, 2.24) is 20.3 Å². The molecule has 0 bridgehead atoms. The molecule has 0 saturated heterocycles. The number of aryl methyl sites for hydroxylation is 1. The molecule has 5 nitrogen and oxygen atoms in total. The van der Waals surface area contributed by atoms with Crippen molar-refractivity contribution in [2.75, 3.05) is 0 Å². The number of hydrogen-bond acceptors (Lipinski definition) is 3. The van der Waals surface area contributed by atoms with Crippen LogP contribution in [0.2, 0.25) is 0 Å².